The summed E-state index contributed by atoms with van der Waals surface area (Å²) in [4.78, 5) is 0. The number of aliphatic hydroxyl groups excluding tert-OH is 1. The molecule has 0 spiro atoms. The molecule has 0 aromatic carbocycles. The topological polar surface area (TPSA) is 41.5 Å². The monoisotopic (exact) mass is 187 g/mol. The molecule has 0 bridgehead atoms. The highest BCUT2D eigenvalue weighted by Crippen LogP contribution is 1.88. The lowest BCUT2D eigenvalue weighted by molar-refractivity contribution is 0.138. The van der Waals surface area contributed by atoms with E-state index in [1.54, 1.807) is 0 Å². The van der Waals surface area contributed by atoms with Crippen LogP contribution in [0.2, 0.25) is 0 Å². The second kappa shape index (κ2) is 9.71. The summed E-state index contributed by atoms with van der Waals surface area (Å²) in [5, 5.41) is 11.9. The van der Waals surface area contributed by atoms with E-state index in [0.29, 0.717) is 5.92 Å². The molecule has 0 rings (SSSR count). The van der Waals surface area contributed by atoms with Gasteiger partial charge in [-0.25, -0.2) is 0 Å². The SMILES string of the molecule is C=CCCOCCNCC(C)CO. The zero-order valence-corrected chi connectivity index (χ0v) is 8.46. The van der Waals surface area contributed by atoms with E-state index in [0.717, 1.165) is 32.7 Å². The van der Waals surface area contributed by atoms with Crippen LogP contribution in [0.15, 0.2) is 12.7 Å². The molecule has 1 unspecified atom stereocenters. The van der Waals surface area contributed by atoms with Crippen molar-refractivity contribution in [3.05, 3.63) is 12.7 Å². The van der Waals surface area contributed by atoms with E-state index in [-0.39, 0.29) is 6.61 Å². The summed E-state index contributed by atoms with van der Waals surface area (Å²) in [6.45, 7) is 9.03. The summed E-state index contributed by atoms with van der Waals surface area (Å²) in [5.74, 6) is 0.327. The lowest BCUT2D eigenvalue weighted by Gasteiger charge is -2.09. The Bertz CT molecular complexity index is 117. The van der Waals surface area contributed by atoms with Gasteiger partial charge in [-0.1, -0.05) is 13.0 Å². The van der Waals surface area contributed by atoms with E-state index in [1.807, 2.05) is 13.0 Å². The number of hydrogen-bond acceptors (Lipinski definition) is 3. The van der Waals surface area contributed by atoms with Crippen molar-refractivity contribution in [3.63, 3.8) is 0 Å². The van der Waals surface area contributed by atoms with Gasteiger partial charge in [-0.3, -0.25) is 0 Å². The Hall–Kier alpha value is -0.380. The van der Waals surface area contributed by atoms with E-state index in [2.05, 4.69) is 11.9 Å². The Morgan fingerprint density at radius 3 is 2.92 bits per heavy atom. The third kappa shape index (κ3) is 9.53. The summed E-state index contributed by atoms with van der Waals surface area (Å²) < 4.78 is 5.29. The molecule has 2 N–H and O–H groups in total. The van der Waals surface area contributed by atoms with Crippen LogP contribution in [0.3, 0.4) is 0 Å². The van der Waals surface area contributed by atoms with Crippen molar-refractivity contribution in [1.82, 2.24) is 5.32 Å². The van der Waals surface area contributed by atoms with Gasteiger partial charge in [0.2, 0.25) is 0 Å². The third-order valence-corrected chi connectivity index (χ3v) is 1.69. The molecule has 0 radical (unpaired) electrons. The molecule has 0 aliphatic rings. The average Bonchev–Trinajstić information content (AvgIpc) is 2.16. The molecule has 78 valence electrons. The van der Waals surface area contributed by atoms with E-state index in [9.17, 15) is 0 Å². The van der Waals surface area contributed by atoms with Crippen LogP contribution in [-0.2, 0) is 4.74 Å². The van der Waals surface area contributed by atoms with Gasteiger partial charge >= 0.3 is 0 Å². The van der Waals surface area contributed by atoms with Crippen molar-refractivity contribution in [3.8, 4) is 0 Å². The van der Waals surface area contributed by atoms with Crippen LogP contribution >= 0.6 is 0 Å². The summed E-state index contributed by atoms with van der Waals surface area (Å²) in [6.07, 6.45) is 2.76. The Balaban J connectivity index is 2.95. The fourth-order valence-electron chi connectivity index (χ4n) is 0.826. The van der Waals surface area contributed by atoms with Crippen LogP contribution in [0, 0.1) is 5.92 Å². The summed E-state index contributed by atoms with van der Waals surface area (Å²) >= 11 is 0. The molecule has 0 aliphatic heterocycles. The maximum Gasteiger partial charge on any atom is 0.0591 e. The van der Waals surface area contributed by atoms with Gasteiger partial charge in [-0.05, 0) is 18.9 Å². The molecule has 0 aromatic heterocycles. The Kier molecular flexibility index (Phi) is 9.42. The number of aliphatic hydroxyl groups is 1. The maximum absolute atomic E-state index is 8.73. The van der Waals surface area contributed by atoms with Gasteiger partial charge in [0.05, 0.1) is 13.2 Å². The molecule has 0 fully saturated rings. The largest absolute Gasteiger partial charge is 0.396 e. The molecule has 0 aromatic rings. The zero-order chi connectivity index (χ0) is 9.94. The van der Waals surface area contributed by atoms with Gasteiger partial charge in [0.25, 0.3) is 0 Å². The fourth-order valence-corrected chi connectivity index (χ4v) is 0.826. The van der Waals surface area contributed by atoms with Crippen molar-refractivity contribution < 1.29 is 9.84 Å². The number of hydrogen-bond donors (Lipinski definition) is 2. The predicted molar refractivity (Wildman–Crippen MR) is 54.8 cm³/mol. The number of ether oxygens (including phenoxy) is 1. The second-order valence-corrected chi connectivity index (χ2v) is 3.18. The molecule has 1 atom stereocenters. The van der Waals surface area contributed by atoms with Crippen molar-refractivity contribution in [2.75, 3.05) is 32.9 Å². The Labute approximate surface area is 80.8 Å². The standard InChI is InChI=1S/C10H21NO2/c1-3-4-6-13-7-5-11-8-10(2)9-12/h3,10-12H,1,4-9H2,2H3. The van der Waals surface area contributed by atoms with Gasteiger partial charge in [0.1, 0.15) is 0 Å². The van der Waals surface area contributed by atoms with Gasteiger partial charge in [0.15, 0.2) is 0 Å². The molecule has 3 heteroatoms. The summed E-state index contributed by atoms with van der Waals surface area (Å²) in [6, 6.07) is 0. The minimum atomic E-state index is 0.240. The molecular weight excluding hydrogens is 166 g/mol. The first kappa shape index (κ1) is 12.6. The fraction of sp³-hybridized carbons (Fsp3) is 0.800. The second-order valence-electron chi connectivity index (χ2n) is 3.18. The smallest absolute Gasteiger partial charge is 0.0591 e. The predicted octanol–water partition coefficient (Wildman–Crippen LogP) is 0.797. The first-order chi connectivity index (χ1) is 6.31. The van der Waals surface area contributed by atoms with Gasteiger partial charge in [-0.2, -0.15) is 0 Å². The Morgan fingerprint density at radius 1 is 1.54 bits per heavy atom. The van der Waals surface area contributed by atoms with Gasteiger partial charge in [0, 0.05) is 13.2 Å². The van der Waals surface area contributed by atoms with Crippen molar-refractivity contribution in [1.29, 1.82) is 0 Å². The molecule has 0 amide bonds. The van der Waals surface area contributed by atoms with E-state index in [4.69, 9.17) is 9.84 Å². The van der Waals surface area contributed by atoms with E-state index >= 15 is 0 Å². The van der Waals surface area contributed by atoms with Crippen LogP contribution in [-0.4, -0.2) is 38.0 Å². The number of rotatable bonds is 9. The molecule has 0 aliphatic carbocycles. The first-order valence-electron chi connectivity index (χ1n) is 4.81. The number of nitrogens with one attached hydrogen (secondary N) is 1. The molecular formula is C10H21NO2. The highest BCUT2D eigenvalue weighted by molar-refractivity contribution is 4.64. The lowest BCUT2D eigenvalue weighted by Crippen LogP contribution is -2.26. The van der Waals surface area contributed by atoms with Crippen molar-refractivity contribution in [2.45, 2.75) is 13.3 Å². The maximum atomic E-state index is 8.73. The average molecular weight is 187 g/mol. The normalized spacial score (nSPS) is 12.8. The minimum absolute atomic E-state index is 0.240. The minimum Gasteiger partial charge on any atom is -0.396 e. The van der Waals surface area contributed by atoms with Crippen molar-refractivity contribution >= 4 is 0 Å². The first-order valence-corrected chi connectivity index (χ1v) is 4.81. The van der Waals surface area contributed by atoms with Crippen molar-refractivity contribution in [2.24, 2.45) is 5.92 Å². The van der Waals surface area contributed by atoms with Crippen LogP contribution in [0.5, 0.6) is 0 Å². The Morgan fingerprint density at radius 2 is 2.31 bits per heavy atom. The molecule has 0 heterocycles. The summed E-state index contributed by atoms with van der Waals surface area (Å²) in [5.41, 5.74) is 0. The van der Waals surface area contributed by atoms with Crippen LogP contribution in [0.4, 0.5) is 0 Å². The van der Waals surface area contributed by atoms with E-state index in [1.165, 1.54) is 0 Å². The highest BCUT2D eigenvalue weighted by Gasteiger charge is 1.97. The van der Waals surface area contributed by atoms with E-state index < -0.39 is 0 Å². The lowest BCUT2D eigenvalue weighted by atomic mass is 10.2. The highest BCUT2D eigenvalue weighted by atomic mass is 16.5. The third-order valence-electron chi connectivity index (χ3n) is 1.69. The molecule has 0 saturated carbocycles. The molecule has 13 heavy (non-hydrogen) atoms. The zero-order valence-electron chi connectivity index (χ0n) is 8.46. The van der Waals surface area contributed by atoms with Crippen LogP contribution in [0.25, 0.3) is 0 Å². The van der Waals surface area contributed by atoms with Crippen LogP contribution < -0.4 is 5.32 Å². The quantitative estimate of drug-likeness (QED) is 0.414. The van der Waals surface area contributed by atoms with Gasteiger partial charge in [-0.15, -0.1) is 6.58 Å². The summed E-state index contributed by atoms with van der Waals surface area (Å²) in [7, 11) is 0. The molecule has 0 saturated heterocycles. The van der Waals surface area contributed by atoms with Crippen LogP contribution in [0.1, 0.15) is 13.3 Å². The molecule has 3 nitrogen and oxygen atoms in total. The van der Waals surface area contributed by atoms with Gasteiger partial charge < -0.3 is 15.2 Å².